The molecule has 0 saturated carbocycles. The fourth-order valence-corrected chi connectivity index (χ4v) is 2.62. The Morgan fingerprint density at radius 1 is 0.933 bits per heavy atom. The first kappa shape index (κ1) is 14.9. The molecule has 0 aliphatic rings. The van der Waals surface area contributed by atoms with Crippen LogP contribution in [-0.4, -0.2) is 18.2 Å². The van der Waals surface area contributed by atoms with E-state index in [1.165, 1.54) is 0 Å². The number of hydrogen-bond acceptors (Lipinski definition) is 2. The van der Waals surface area contributed by atoms with Crippen molar-refractivity contribution < 1.29 is 13.0 Å². The van der Waals surface area contributed by atoms with Crippen molar-refractivity contribution in [1.29, 1.82) is 0 Å². The number of hydrogen-bond donors (Lipinski definition) is 1. The van der Waals surface area contributed by atoms with Crippen LogP contribution >= 0.6 is 0 Å². The summed E-state index contributed by atoms with van der Waals surface area (Å²) in [6.45, 7) is 4.17. The van der Waals surface area contributed by atoms with Gasteiger partial charge in [-0.3, -0.25) is 4.55 Å². The van der Waals surface area contributed by atoms with Gasteiger partial charge in [0.1, 0.15) is 0 Å². The van der Waals surface area contributed by atoms with Crippen molar-refractivity contribution >= 4 is 10.1 Å². The highest BCUT2D eigenvalue weighted by Crippen LogP contribution is 2.17. The van der Waals surface area contributed by atoms with Crippen LogP contribution in [0.1, 0.15) is 65.2 Å². The SMILES string of the molecule is CCCCCC(CCCCC)S(=O)(=O)O. The Hall–Kier alpha value is -0.0900. The van der Waals surface area contributed by atoms with Crippen LogP contribution in [0.5, 0.6) is 0 Å². The van der Waals surface area contributed by atoms with E-state index in [0.717, 1.165) is 38.5 Å². The highest BCUT2D eigenvalue weighted by molar-refractivity contribution is 7.86. The van der Waals surface area contributed by atoms with Crippen molar-refractivity contribution in [3.05, 3.63) is 0 Å². The van der Waals surface area contributed by atoms with Gasteiger partial charge in [-0.15, -0.1) is 0 Å². The molecular formula is C11H24O3S. The van der Waals surface area contributed by atoms with Gasteiger partial charge < -0.3 is 0 Å². The predicted molar refractivity (Wildman–Crippen MR) is 63.6 cm³/mol. The van der Waals surface area contributed by atoms with Crippen molar-refractivity contribution in [2.75, 3.05) is 0 Å². The predicted octanol–water partition coefficient (Wildman–Crippen LogP) is 3.40. The van der Waals surface area contributed by atoms with Gasteiger partial charge in [-0.25, -0.2) is 0 Å². The van der Waals surface area contributed by atoms with Crippen LogP contribution in [0, 0.1) is 0 Å². The third-order valence-corrected chi connectivity index (χ3v) is 3.99. The Labute approximate surface area is 94.0 Å². The van der Waals surface area contributed by atoms with Crippen molar-refractivity contribution in [3.63, 3.8) is 0 Å². The Bertz CT molecular complexity index is 224. The largest absolute Gasteiger partial charge is 0.285 e. The van der Waals surface area contributed by atoms with Gasteiger partial charge in [0, 0.05) is 0 Å². The van der Waals surface area contributed by atoms with Gasteiger partial charge in [0.15, 0.2) is 0 Å². The van der Waals surface area contributed by atoms with E-state index in [9.17, 15) is 8.42 Å². The van der Waals surface area contributed by atoms with Crippen LogP contribution in [0.3, 0.4) is 0 Å². The zero-order chi connectivity index (χ0) is 11.7. The lowest BCUT2D eigenvalue weighted by Gasteiger charge is -2.13. The molecule has 0 aromatic carbocycles. The fourth-order valence-electron chi connectivity index (χ4n) is 1.69. The Morgan fingerprint density at radius 2 is 1.33 bits per heavy atom. The van der Waals surface area contributed by atoms with E-state index in [0.29, 0.717) is 12.8 Å². The Balaban J connectivity index is 3.97. The molecule has 0 amide bonds. The average Bonchev–Trinajstić information content (AvgIpc) is 2.14. The van der Waals surface area contributed by atoms with Gasteiger partial charge in [0.25, 0.3) is 10.1 Å². The molecule has 0 rings (SSSR count). The third kappa shape index (κ3) is 7.79. The first-order valence-electron chi connectivity index (χ1n) is 5.98. The van der Waals surface area contributed by atoms with Crippen LogP contribution < -0.4 is 0 Å². The maximum atomic E-state index is 11.1. The van der Waals surface area contributed by atoms with Gasteiger partial charge >= 0.3 is 0 Å². The lowest BCUT2D eigenvalue weighted by Crippen LogP contribution is -2.20. The van der Waals surface area contributed by atoms with Gasteiger partial charge in [-0.1, -0.05) is 52.4 Å². The molecular weight excluding hydrogens is 212 g/mol. The second-order valence-electron chi connectivity index (χ2n) is 4.13. The van der Waals surface area contributed by atoms with Crippen molar-refractivity contribution in [1.82, 2.24) is 0 Å². The van der Waals surface area contributed by atoms with Gasteiger partial charge in [-0.05, 0) is 12.8 Å². The molecule has 0 unspecified atom stereocenters. The zero-order valence-corrected chi connectivity index (χ0v) is 10.7. The quantitative estimate of drug-likeness (QED) is 0.493. The zero-order valence-electron chi connectivity index (χ0n) is 9.91. The second-order valence-corrected chi connectivity index (χ2v) is 5.83. The molecule has 0 aliphatic heterocycles. The minimum absolute atomic E-state index is 0.532. The molecule has 92 valence electrons. The van der Waals surface area contributed by atoms with Crippen molar-refractivity contribution in [2.24, 2.45) is 0 Å². The molecule has 0 spiro atoms. The molecule has 0 bridgehead atoms. The summed E-state index contributed by atoms with van der Waals surface area (Å²) in [4.78, 5) is 0. The first-order valence-corrected chi connectivity index (χ1v) is 7.49. The van der Waals surface area contributed by atoms with E-state index in [2.05, 4.69) is 13.8 Å². The summed E-state index contributed by atoms with van der Waals surface area (Å²) in [5.74, 6) is 0. The Morgan fingerprint density at radius 3 is 1.60 bits per heavy atom. The van der Waals surface area contributed by atoms with E-state index < -0.39 is 15.4 Å². The van der Waals surface area contributed by atoms with E-state index in [1.807, 2.05) is 0 Å². The summed E-state index contributed by atoms with van der Waals surface area (Å²) in [5, 5.41) is -0.532. The minimum atomic E-state index is -3.83. The molecule has 0 radical (unpaired) electrons. The molecule has 0 saturated heterocycles. The lowest BCUT2D eigenvalue weighted by molar-refractivity contribution is 0.446. The normalized spacial score (nSPS) is 12.3. The summed E-state index contributed by atoms with van der Waals surface area (Å²) in [6, 6.07) is 0. The van der Waals surface area contributed by atoms with Gasteiger partial charge in [0.2, 0.25) is 0 Å². The summed E-state index contributed by atoms with van der Waals surface area (Å²) in [6.07, 6.45) is 7.24. The van der Waals surface area contributed by atoms with Crippen molar-refractivity contribution in [3.8, 4) is 0 Å². The van der Waals surface area contributed by atoms with E-state index in [1.54, 1.807) is 0 Å². The van der Waals surface area contributed by atoms with Crippen LogP contribution in [0.4, 0.5) is 0 Å². The molecule has 0 atom stereocenters. The molecule has 0 aromatic heterocycles. The first-order chi connectivity index (χ1) is 7.02. The standard InChI is InChI=1S/C11H24O3S/c1-3-5-7-9-11(15(12,13)14)10-8-6-4-2/h11H,3-10H2,1-2H3,(H,12,13,14). The molecule has 1 N–H and O–H groups in total. The number of rotatable bonds is 9. The summed E-state index contributed by atoms with van der Waals surface area (Å²) >= 11 is 0. The maximum Gasteiger partial charge on any atom is 0.267 e. The van der Waals surface area contributed by atoms with E-state index in [-0.39, 0.29) is 0 Å². The number of unbranched alkanes of at least 4 members (excludes halogenated alkanes) is 4. The van der Waals surface area contributed by atoms with Gasteiger partial charge in [-0.2, -0.15) is 8.42 Å². The fraction of sp³-hybridized carbons (Fsp3) is 1.00. The lowest BCUT2D eigenvalue weighted by atomic mass is 10.1. The minimum Gasteiger partial charge on any atom is -0.285 e. The summed E-state index contributed by atoms with van der Waals surface area (Å²) in [7, 11) is -3.83. The van der Waals surface area contributed by atoms with Crippen LogP contribution in [0.2, 0.25) is 0 Å². The molecule has 4 heteroatoms. The van der Waals surface area contributed by atoms with Gasteiger partial charge in [0.05, 0.1) is 5.25 Å². The third-order valence-electron chi connectivity index (χ3n) is 2.68. The maximum absolute atomic E-state index is 11.1. The molecule has 3 nitrogen and oxygen atoms in total. The molecule has 15 heavy (non-hydrogen) atoms. The monoisotopic (exact) mass is 236 g/mol. The molecule has 0 fully saturated rings. The van der Waals surface area contributed by atoms with Crippen LogP contribution in [-0.2, 0) is 10.1 Å². The molecule has 0 aliphatic carbocycles. The van der Waals surface area contributed by atoms with Crippen LogP contribution in [0.15, 0.2) is 0 Å². The van der Waals surface area contributed by atoms with E-state index >= 15 is 0 Å². The van der Waals surface area contributed by atoms with Crippen molar-refractivity contribution in [2.45, 2.75) is 70.5 Å². The van der Waals surface area contributed by atoms with Crippen LogP contribution in [0.25, 0.3) is 0 Å². The summed E-state index contributed by atoms with van der Waals surface area (Å²) in [5.41, 5.74) is 0. The molecule has 0 heterocycles. The highest BCUT2D eigenvalue weighted by atomic mass is 32.2. The van der Waals surface area contributed by atoms with E-state index in [4.69, 9.17) is 4.55 Å². The molecule has 0 aromatic rings. The Kier molecular flexibility index (Phi) is 8.06. The topological polar surface area (TPSA) is 54.4 Å². The smallest absolute Gasteiger partial charge is 0.267 e. The average molecular weight is 236 g/mol. The second kappa shape index (κ2) is 8.11. The summed E-state index contributed by atoms with van der Waals surface area (Å²) < 4.78 is 31.2. The highest BCUT2D eigenvalue weighted by Gasteiger charge is 2.21.